The second-order valence-electron chi connectivity index (χ2n) is 3.41. The van der Waals surface area contributed by atoms with Crippen LogP contribution in [-0.4, -0.2) is 24.9 Å². The summed E-state index contributed by atoms with van der Waals surface area (Å²) >= 11 is 4.75. The lowest BCUT2D eigenvalue weighted by atomic mass is 10.5. The zero-order valence-electron chi connectivity index (χ0n) is 8.96. The van der Waals surface area contributed by atoms with E-state index in [0.717, 1.165) is 9.50 Å². The van der Waals surface area contributed by atoms with E-state index in [1.807, 2.05) is 12.1 Å². The normalized spacial score (nSPS) is 10.9. The van der Waals surface area contributed by atoms with Crippen LogP contribution in [0.15, 0.2) is 39.3 Å². The minimum atomic E-state index is 0.367. The van der Waals surface area contributed by atoms with Gasteiger partial charge in [-0.2, -0.15) is 0 Å². The third-order valence-corrected chi connectivity index (χ3v) is 3.50. The first kappa shape index (κ1) is 11.4. The van der Waals surface area contributed by atoms with Crippen LogP contribution < -0.4 is 5.73 Å². The number of nitrogen functional groups attached to an aromatic ring is 1. The van der Waals surface area contributed by atoms with E-state index < -0.39 is 0 Å². The lowest BCUT2D eigenvalue weighted by molar-refractivity contribution is 1.05. The summed E-state index contributed by atoms with van der Waals surface area (Å²) in [5.41, 5.74) is 6.93. The van der Waals surface area contributed by atoms with E-state index in [1.54, 1.807) is 6.20 Å². The molecule has 0 saturated carbocycles. The first-order valence-corrected chi connectivity index (χ1v) is 6.59. The highest BCUT2D eigenvalue weighted by Crippen LogP contribution is 2.26. The molecular formula is C10H7BrN6S. The molecular weight excluding hydrogens is 316 g/mol. The Labute approximate surface area is 115 Å². The number of H-pyrrole nitrogens is 1. The van der Waals surface area contributed by atoms with Gasteiger partial charge in [-0.05, 0) is 39.8 Å². The number of nitrogens with one attached hydrogen (secondary N) is 1. The zero-order valence-corrected chi connectivity index (χ0v) is 11.4. The molecule has 3 aromatic heterocycles. The van der Waals surface area contributed by atoms with Crippen molar-refractivity contribution >= 4 is 44.7 Å². The van der Waals surface area contributed by atoms with Crippen LogP contribution in [0.1, 0.15) is 0 Å². The van der Waals surface area contributed by atoms with Crippen molar-refractivity contribution in [3.8, 4) is 0 Å². The lowest BCUT2D eigenvalue weighted by Crippen LogP contribution is -1.91. The number of pyridine rings is 1. The molecule has 0 saturated heterocycles. The minimum Gasteiger partial charge on any atom is -0.382 e. The van der Waals surface area contributed by atoms with Crippen LogP contribution in [0.5, 0.6) is 0 Å². The van der Waals surface area contributed by atoms with Crippen molar-refractivity contribution in [3.05, 3.63) is 29.1 Å². The summed E-state index contributed by atoms with van der Waals surface area (Å²) in [5, 5.41) is 1.52. The first-order valence-electron chi connectivity index (χ1n) is 4.98. The summed E-state index contributed by atoms with van der Waals surface area (Å²) < 4.78 is 0.937. The highest BCUT2D eigenvalue weighted by atomic mass is 79.9. The fourth-order valence-electron chi connectivity index (χ4n) is 1.39. The predicted molar refractivity (Wildman–Crippen MR) is 72.2 cm³/mol. The van der Waals surface area contributed by atoms with E-state index in [9.17, 15) is 0 Å². The standard InChI is InChI=1S/C10H7BrN6S/c11-5-1-2-6(13-3-5)18-10-16-7-8(12)14-4-15-9(7)17-10/h1-4H,(H3,12,14,15,16,17). The molecule has 0 fully saturated rings. The maximum atomic E-state index is 5.72. The monoisotopic (exact) mass is 322 g/mol. The van der Waals surface area contributed by atoms with Crippen LogP contribution in [0.4, 0.5) is 5.82 Å². The summed E-state index contributed by atoms with van der Waals surface area (Å²) in [7, 11) is 0. The van der Waals surface area contributed by atoms with E-state index in [4.69, 9.17) is 5.73 Å². The van der Waals surface area contributed by atoms with Crippen LogP contribution in [0, 0.1) is 0 Å². The molecule has 0 aliphatic heterocycles. The average Bonchev–Trinajstić information content (AvgIpc) is 2.76. The van der Waals surface area contributed by atoms with Gasteiger partial charge in [0.05, 0.1) is 0 Å². The molecule has 3 heterocycles. The number of imidazole rings is 1. The lowest BCUT2D eigenvalue weighted by Gasteiger charge is -1.95. The molecule has 0 amide bonds. The highest BCUT2D eigenvalue weighted by molar-refractivity contribution is 9.10. The van der Waals surface area contributed by atoms with Crippen molar-refractivity contribution in [2.75, 3.05) is 5.73 Å². The molecule has 0 spiro atoms. The number of aromatic amines is 1. The van der Waals surface area contributed by atoms with E-state index in [0.29, 0.717) is 22.1 Å². The van der Waals surface area contributed by atoms with Gasteiger partial charge < -0.3 is 10.7 Å². The van der Waals surface area contributed by atoms with E-state index in [1.165, 1.54) is 18.1 Å². The van der Waals surface area contributed by atoms with Crippen LogP contribution in [0.3, 0.4) is 0 Å². The van der Waals surface area contributed by atoms with Gasteiger partial charge in [0.25, 0.3) is 0 Å². The van der Waals surface area contributed by atoms with Crippen LogP contribution in [-0.2, 0) is 0 Å². The molecule has 0 aliphatic rings. The molecule has 0 bridgehead atoms. The summed E-state index contributed by atoms with van der Waals surface area (Å²) in [6, 6.07) is 3.82. The Morgan fingerprint density at radius 1 is 1.22 bits per heavy atom. The Balaban J connectivity index is 1.95. The number of halogens is 1. The van der Waals surface area contributed by atoms with Crippen molar-refractivity contribution in [1.29, 1.82) is 0 Å². The molecule has 8 heteroatoms. The Kier molecular flexibility index (Phi) is 2.88. The number of nitrogens with zero attached hydrogens (tertiary/aromatic N) is 4. The Morgan fingerprint density at radius 2 is 2.11 bits per heavy atom. The second kappa shape index (κ2) is 4.54. The Morgan fingerprint density at radius 3 is 2.83 bits per heavy atom. The van der Waals surface area contributed by atoms with Crippen molar-refractivity contribution in [1.82, 2.24) is 24.9 Å². The molecule has 90 valence electrons. The minimum absolute atomic E-state index is 0.367. The van der Waals surface area contributed by atoms with E-state index in [2.05, 4.69) is 40.8 Å². The van der Waals surface area contributed by atoms with E-state index in [-0.39, 0.29) is 0 Å². The summed E-state index contributed by atoms with van der Waals surface area (Å²) in [5.74, 6) is 0.367. The Hall–Kier alpha value is -1.67. The fraction of sp³-hybridized carbons (Fsp3) is 0. The quantitative estimate of drug-likeness (QED) is 0.751. The molecule has 6 nitrogen and oxygen atoms in total. The van der Waals surface area contributed by atoms with Crippen LogP contribution in [0.25, 0.3) is 11.2 Å². The summed E-state index contributed by atoms with van der Waals surface area (Å²) in [6.45, 7) is 0. The number of rotatable bonds is 2. The number of nitrogens with two attached hydrogens (primary N) is 1. The molecule has 18 heavy (non-hydrogen) atoms. The molecule has 3 rings (SSSR count). The van der Waals surface area contributed by atoms with Gasteiger partial charge in [-0.1, -0.05) is 0 Å². The second-order valence-corrected chi connectivity index (χ2v) is 5.34. The number of hydrogen-bond donors (Lipinski definition) is 2. The van der Waals surface area contributed by atoms with Gasteiger partial charge in [0, 0.05) is 10.7 Å². The smallest absolute Gasteiger partial charge is 0.174 e. The molecule has 0 unspecified atom stereocenters. The van der Waals surface area contributed by atoms with Gasteiger partial charge in [0.1, 0.15) is 11.4 Å². The molecule has 3 aromatic rings. The number of fused-ring (bicyclic) bond motifs is 1. The van der Waals surface area contributed by atoms with Gasteiger partial charge in [0.15, 0.2) is 22.1 Å². The Bertz CT molecular complexity index is 695. The van der Waals surface area contributed by atoms with Crippen molar-refractivity contribution in [2.45, 2.75) is 10.2 Å². The SMILES string of the molecule is Nc1ncnc2[nH]c(Sc3ccc(Br)cn3)nc12. The van der Waals surface area contributed by atoms with Gasteiger partial charge >= 0.3 is 0 Å². The molecule has 0 radical (unpaired) electrons. The third kappa shape index (κ3) is 2.16. The molecule has 0 atom stereocenters. The summed E-state index contributed by atoms with van der Waals surface area (Å²) in [4.78, 5) is 19.6. The van der Waals surface area contributed by atoms with Crippen molar-refractivity contribution < 1.29 is 0 Å². The number of hydrogen-bond acceptors (Lipinski definition) is 6. The maximum absolute atomic E-state index is 5.72. The number of aromatic nitrogens is 5. The average molecular weight is 323 g/mol. The highest BCUT2D eigenvalue weighted by Gasteiger charge is 2.09. The van der Waals surface area contributed by atoms with Crippen molar-refractivity contribution in [3.63, 3.8) is 0 Å². The topological polar surface area (TPSA) is 93.4 Å². The third-order valence-electron chi connectivity index (χ3n) is 2.19. The largest absolute Gasteiger partial charge is 0.382 e. The van der Waals surface area contributed by atoms with Gasteiger partial charge in [-0.15, -0.1) is 0 Å². The molecule has 0 aromatic carbocycles. The van der Waals surface area contributed by atoms with Crippen LogP contribution in [0.2, 0.25) is 0 Å². The first-order chi connectivity index (χ1) is 8.72. The van der Waals surface area contributed by atoms with Gasteiger partial charge in [-0.25, -0.2) is 19.9 Å². The summed E-state index contributed by atoms with van der Waals surface area (Å²) in [6.07, 6.45) is 3.14. The maximum Gasteiger partial charge on any atom is 0.174 e. The van der Waals surface area contributed by atoms with Crippen molar-refractivity contribution in [2.24, 2.45) is 0 Å². The van der Waals surface area contributed by atoms with Gasteiger partial charge in [0.2, 0.25) is 0 Å². The van der Waals surface area contributed by atoms with Gasteiger partial charge in [-0.3, -0.25) is 0 Å². The predicted octanol–water partition coefficient (Wildman–Crippen LogP) is 2.24. The van der Waals surface area contributed by atoms with Crippen LogP contribution >= 0.6 is 27.7 Å². The fourth-order valence-corrected chi connectivity index (χ4v) is 2.35. The zero-order chi connectivity index (χ0) is 12.5. The van der Waals surface area contributed by atoms with E-state index >= 15 is 0 Å². The molecule has 3 N–H and O–H groups in total. The molecule has 0 aliphatic carbocycles. The number of anilines is 1.